The average Bonchev–Trinajstić information content (AvgIpc) is 2.98. The summed E-state index contributed by atoms with van der Waals surface area (Å²) in [6.07, 6.45) is 0.728. The molecule has 9 nitrogen and oxygen atoms in total. The van der Waals surface area contributed by atoms with Gasteiger partial charge in [-0.15, -0.1) is 0 Å². The number of hydrogen-bond acceptors (Lipinski definition) is 6. The summed E-state index contributed by atoms with van der Waals surface area (Å²) < 4.78 is 39.3. The number of nitrogens with zero attached hydrogens (tertiary/aromatic N) is 2. The van der Waals surface area contributed by atoms with Gasteiger partial charge in [0, 0.05) is 12.6 Å². The Bertz CT molecular complexity index is 1410. The molecule has 0 fully saturated rings. The Morgan fingerprint density at radius 2 is 1.39 bits per heavy atom. The minimum Gasteiger partial charge on any atom is -0.497 e. The molecule has 3 aromatic rings. The fourth-order valence-electron chi connectivity index (χ4n) is 4.09. The molecule has 2 amide bonds. The summed E-state index contributed by atoms with van der Waals surface area (Å²) >= 11 is 0. The zero-order chi connectivity index (χ0) is 30.2. The van der Waals surface area contributed by atoms with Gasteiger partial charge in [-0.05, 0) is 81.3 Å². The first-order valence-electron chi connectivity index (χ1n) is 13.5. The Hall–Kier alpha value is -4.05. The van der Waals surface area contributed by atoms with Crippen molar-refractivity contribution < 1.29 is 27.5 Å². The van der Waals surface area contributed by atoms with Gasteiger partial charge in [0.1, 0.15) is 24.1 Å². The largest absolute Gasteiger partial charge is 0.497 e. The molecule has 3 aromatic carbocycles. The molecule has 0 saturated carbocycles. The van der Waals surface area contributed by atoms with Gasteiger partial charge in [-0.25, -0.2) is 8.42 Å². The molecule has 220 valence electrons. The number of carbonyl (C=O) groups excluding carboxylic acids is 2. The van der Waals surface area contributed by atoms with Crippen LogP contribution in [-0.2, 0) is 26.2 Å². The zero-order valence-corrected chi connectivity index (χ0v) is 25.3. The molecule has 0 unspecified atom stereocenters. The number of anilines is 1. The van der Waals surface area contributed by atoms with Gasteiger partial charge in [0.25, 0.3) is 10.0 Å². The van der Waals surface area contributed by atoms with Crippen molar-refractivity contribution in [2.75, 3.05) is 25.1 Å². The van der Waals surface area contributed by atoms with Crippen LogP contribution in [0, 0.1) is 6.92 Å². The summed E-state index contributed by atoms with van der Waals surface area (Å²) in [4.78, 5) is 28.6. The molecule has 1 N–H and O–H groups in total. The minimum absolute atomic E-state index is 0.0101. The van der Waals surface area contributed by atoms with Crippen LogP contribution < -0.4 is 19.1 Å². The van der Waals surface area contributed by atoms with Crippen LogP contribution in [0.5, 0.6) is 11.5 Å². The molecule has 2 atom stereocenters. The van der Waals surface area contributed by atoms with Crippen LogP contribution in [0.2, 0.25) is 0 Å². The smallest absolute Gasteiger partial charge is 0.264 e. The van der Waals surface area contributed by atoms with Crippen LogP contribution in [0.1, 0.15) is 38.3 Å². The third kappa shape index (κ3) is 8.00. The first-order chi connectivity index (χ1) is 19.5. The summed E-state index contributed by atoms with van der Waals surface area (Å²) in [5.74, 6) is 0.324. The van der Waals surface area contributed by atoms with E-state index in [9.17, 15) is 18.0 Å². The van der Waals surface area contributed by atoms with Crippen LogP contribution in [-0.4, -0.2) is 58.0 Å². The zero-order valence-electron chi connectivity index (χ0n) is 24.5. The number of rotatable bonds is 13. The van der Waals surface area contributed by atoms with Gasteiger partial charge < -0.3 is 19.7 Å². The maximum Gasteiger partial charge on any atom is 0.264 e. The summed E-state index contributed by atoms with van der Waals surface area (Å²) in [6, 6.07) is 19.1. The summed E-state index contributed by atoms with van der Waals surface area (Å²) in [7, 11) is -1.10. The highest BCUT2D eigenvalue weighted by Gasteiger charge is 2.32. The van der Waals surface area contributed by atoms with Crippen molar-refractivity contribution >= 4 is 27.5 Å². The van der Waals surface area contributed by atoms with E-state index < -0.39 is 28.5 Å². The van der Waals surface area contributed by atoms with Crippen molar-refractivity contribution in [2.45, 2.75) is 57.6 Å². The molecule has 10 heteroatoms. The van der Waals surface area contributed by atoms with Gasteiger partial charge >= 0.3 is 0 Å². The highest BCUT2D eigenvalue weighted by atomic mass is 32.2. The number of carbonyl (C=O) groups is 2. The molecular weight excluding hydrogens is 542 g/mol. The molecule has 0 saturated heterocycles. The van der Waals surface area contributed by atoms with Gasteiger partial charge in [0.15, 0.2) is 0 Å². The molecule has 0 aliphatic rings. The van der Waals surface area contributed by atoms with Gasteiger partial charge in [-0.3, -0.25) is 13.9 Å². The molecule has 0 aliphatic carbocycles. The second-order valence-electron chi connectivity index (χ2n) is 9.89. The number of amides is 2. The lowest BCUT2D eigenvalue weighted by Gasteiger charge is -2.32. The second kappa shape index (κ2) is 14.0. The lowest BCUT2D eigenvalue weighted by molar-refractivity contribution is -0.139. The van der Waals surface area contributed by atoms with Gasteiger partial charge in [-0.2, -0.15) is 0 Å². The predicted octanol–water partition coefficient (Wildman–Crippen LogP) is 4.54. The molecular formula is C31H39N3O6S. The van der Waals surface area contributed by atoms with E-state index in [4.69, 9.17) is 9.47 Å². The van der Waals surface area contributed by atoms with Crippen LogP contribution >= 0.6 is 0 Å². The number of methoxy groups -OCH3 is 2. The number of ether oxygens (including phenoxy) is 2. The molecule has 0 heterocycles. The molecule has 41 heavy (non-hydrogen) atoms. The van der Waals surface area contributed by atoms with E-state index in [-0.39, 0.29) is 23.4 Å². The van der Waals surface area contributed by atoms with E-state index in [1.807, 2.05) is 32.9 Å². The number of benzene rings is 3. The first kappa shape index (κ1) is 31.5. The van der Waals surface area contributed by atoms with Crippen LogP contribution in [0.4, 0.5) is 5.69 Å². The Morgan fingerprint density at radius 1 is 0.854 bits per heavy atom. The third-order valence-electron chi connectivity index (χ3n) is 6.93. The summed E-state index contributed by atoms with van der Waals surface area (Å²) in [6.45, 7) is 6.98. The molecule has 0 spiro atoms. The molecule has 0 radical (unpaired) electrons. The van der Waals surface area contributed by atoms with E-state index in [2.05, 4.69) is 5.32 Å². The van der Waals surface area contributed by atoms with Crippen molar-refractivity contribution in [1.29, 1.82) is 0 Å². The lowest BCUT2D eigenvalue weighted by Crippen LogP contribution is -2.52. The van der Waals surface area contributed by atoms with E-state index >= 15 is 0 Å². The number of aryl methyl sites for hydroxylation is 1. The number of nitrogens with one attached hydrogen (secondary N) is 1. The van der Waals surface area contributed by atoms with Gasteiger partial charge in [0.05, 0.1) is 24.8 Å². The number of sulfonamides is 1. The molecule has 0 aliphatic heterocycles. The van der Waals surface area contributed by atoms with Crippen molar-refractivity contribution in [3.63, 3.8) is 0 Å². The molecule has 3 rings (SSSR count). The number of hydrogen-bond donors (Lipinski definition) is 1. The minimum atomic E-state index is -4.16. The van der Waals surface area contributed by atoms with Gasteiger partial charge in [-0.1, -0.05) is 36.8 Å². The Labute approximate surface area is 243 Å². The predicted molar refractivity (Wildman–Crippen MR) is 160 cm³/mol. The van der Waals surface area contributed by atoms with Crippen LogP contribution in [0.3, 0.4) is 0 Å². The van der Waals surface area contributed by atoms with Crippen molar-refractivity contribution in [3.8, 4) is 11.5 Å². The standard InChI is InChI=1S/C31H39N3O6S/c1-7-23(3)32-31(36)24(4)33(20-25-10-14-27(39-5)15-11-25)30(35)21-34(26-12-8-22(2)9-13-26)41(37,38)29-18-16-28(40-6)17-19-29/h8-19,23-24H,7,20-21H2,1-6H3,(H,32,36)/t23-,24-/m0/s1. The summed E-state index contributed by atoms with van der Waals surface area (Å²) in [5, 5.41) is 2.93. The van der Waals surface area contributed by atoms with Crippen molar-refractivity contribution in [3.05, 3.63) is 83.9 Å². The summed E-state index contributed by atoms with van der Waals surface area (Å²) in [5.41, 5.74) is 2.04. The Morgan fingerprint density at radius 3 is 1.90 bits per heavy atom. The fraction of sp³-hybridized carbons (Fsp3) is 0.355. The van der Waals surface area contributed by atoms with Crippen LogP contribution in [0.25, 0.3) is 0 Å². The van der Waals surface area contributed by atoms with Crippen molar-refractivity contribution in [1.82, 2.24) is 10.2 Å². The monoisotopic (exact) mass is 581 g/mol. The van der Waals surface area contributed by atoms with Crippen LogP contribution in [0.15, 0.2) is 77.7 Å². The Kier molecular flexibility index (Phi) is 10.8. The highest BCUT2D eigenvalue weighted by molar-refractivity contribution is 7.92. The van der Waals surface area contributed by atoms with E-state index in [1.54, 1.807) is 62.6 Å². The topological polar surface area (TPSA) is 105 Å². The quantitative estimate of drug-likeness (QED) is 0.318. The molecule has 0 aromatic heterocycles. The maximum atomic E-state index is 14.0. The second-order valence-corrected chi connectivity index (χ2v) is 11.7. The van der Waals surface area contributed by atoms with Crippen molar-refractivity contribution in [2.24, 2.45) is 0 Å². The average molecular weight is 582 g/mol. The van der Waals surface area contributed by atoms with E-state index in [0.29, 0.717) is 17.2 Å². The fourth-order valence-corrected chi connectivity index (χ4v) is 5.50. The SMILES string of the molecule is CC[C@H](C)NC(=O)[C@H](C)N(Cc1ccc(OC)cc1)C(=O)CN(c1ccc(C)cc1)S(=O)(=O)c1ccc(OC)cc1. The maximum absolute atomic E-state index is 14.0. The van der Waals surface area contributed by atoms with Gasteiger partial charge in [0.2, 0.25) is 11.8 Å². The normalized spacial score (nSPS) is 12.6. The lowest BCUT2D eigenvalue weighted by atomic mass is 10.1. The molecule has 0 bridgehead atoms. The van der Waals surface area contributed by atoms with E-state index in [0.717, 1.165) is 21.9 Å². The highest BCUT2D eigenvalue weighted by Crippen LogP contribution is 2.26. The first-order valence-corrected chi connectivity index (χ1v) is 14.9. The van der Waals surface area contributed by atoms with E-state index in [1.165, 1.54) is 24.1 Å². The third-order valence-corrected chi connectivity index (χ3v) is 8.72. The Balaban J connectivity index is 2.01.